The fraction of sp³-hybridized carbons (Fsp3) is 0.438. The number of carbonyl (C=O) groups excluding carboxylic acids is 1. The minimum atomic E-state index is -0.190. The van der Waals surface area contributed by atoms with E-state index in [1.54, 1.807) is 24.2 Å². The van der Waals surface area contributed by atoms with E-state index in [9.17, 15) is 4.79 Å². The van der Waals surface area contributed by atoms with Gasteiger partial charge in [-0.05, 0) is 50.6 Å². The van der Waals surface area contributed by atoms with Crippen molar-refractivity contribution >= 4 is 35.6 Å². The van der Waals surface area contributed by atoms with Gasteiger partial charge in [-0.2, -0.15) is 0 Å². The van der Waals surface area contributed by atoms with Crippen LogP contribution < -0.4 is 10.2 Å². The molecule has 0 spiro atoms. The summed E-state index contributed by atoms with van der Waals surface area (Å²) in [5, 5.41) is 12.1. The van der Waals surface area contributed by atoms with E-state index in [4.69, 9.17) is 11.6 Å². The van der Waals surface area contributed by atoms with Crippen LogP contribution in [0.2, 0.25) is 5.02 Å². The number of hydrogen-bond donors (Lipinski definition) is 1. The predicted octanol–water partition coefficient (Wildman–Crippen LogP) is 2.86. The predicted molar refractivity (Wildman–Crippen MR) is 97.3 cm³/mol. The molecule has 8 heteroatoms. The van der Waals surface area contributed by atoms with Crippen molar-refractivity contribution in [2.75, 3.05) is 25.0 Å². The number of carbonyl (C=O) groups is 1. The lowest BCUT2D eigenvalue weighted by Gasteiger charge is -2.22. The van der Waals surface area contributed by atoms with Crippen LogP contribution in [0.1, 0.15) is 34.9 Å². The van der Waals surface area contributed by atoms with Crippen LogP contribution >= 0.6 is 24.0 Å². The molecule has 3 rings (SSSR count). The minimum Gasteiger partial charge on any atom is -0.317 e. The van der Waals surface area contributed by atoms with Gasteiger partial charge in [-0.3, -0.25) is 4.79 Å². The molecule has 0 aliphatic carbocycles. The largest absolute Gasteiger partial charge is 0.317 e. The second kappa shape index (κ2) is 7.96. The summed E-state index contributed by atoms with van der Waals surface area (Å²) in [4.78, 5) is 14.1. The van der Waals surface area contributed by atoms with Crippen LogP contribution in [0.4, 0.5) is 5.69 Å². The standard InChI is InChI=1S/C16H20ClN5O.ClH/c1-11-3-4-13(9-14(11)17)21(2)16(23)15-10-22(20-19-15)12-5-7-18-8-6-12;/h3-4,9-10,12,18H,5-8H2,1-2H3;1H. The smallest absolute Gasteiger partial charge is 0.280 e. The second-order valence-electron chi connectivity index (χ2n) is 5.86. The molecular weight excluding hydrogens is 349 g/mol. The normalized spacial score (nSPS) is 15.0. The SMILES string of the molecule is Cc1ccc(N(C)C(=O)c2cn(C3CCNCC3)nn2)cc1Cl.Cl. The molecular formula is C16H21Cl2N5O. The maximum atomic E-state index is 12.6. The molecule has 0 bridgehead atoms. The molecule has 1 aromatic heterocycles. The van der Waals surface area contributed by atoms with Gasteiger partial charge in [0, 0.05) is 17.8 Å². The molecule has 0 atom stereocenters. The van der Waals surface area contributed by atoms with Crippen molar-refractivity contribution < 1.29 is 4.79 Å². The van der Waals surface area contributed by atoms with E-state index < -0.39 is 0 Å². The Morgan fingerprint density at radius 3 is 2.75 bits per heavy atom. The van der Waals surface area contributed by atoms with Crippen LogP contribution in [-0.2, 0) is 0 Å². The van der Waals surface area contributed by atoms with E-state index in [-0.39, 0.29) is 18.3 Å². The molecule has 24 heavy (non-hydrogen) atoms. The van der Waals surface area contributed by atoms with Gasteiger partial charge in [0.1, 0.15) is 0 Å². The average Bonchev–Trinajstić information content (AvgIpc) is 3.07. The molecule has 0 saturated carbocycles. The first-order valence-electron chi connectivity index (χ1n) is 7.73. The Kier molecular flexibility index (Phi) is 6.21. The molecule has 1 saturated heterocycles. The number of aromatic nitrogens is 3. The number of halogens is 2. The zero-order valence-corrected chi connectivity index (χ0v) is 15.3. The summed E-state index contributed by atoms with van der Waals surface area (Å²) in [5.41, 5.74) is 2.07. The van der Waals surface area contributed by atoms with Crippen molar-refractivity contribution in [2.45, 2.75) is 25.8 Å². The number of nitrogens with zero attached hydrogens (tertiary/aromatic N) is 4. The summed E-state index contributed by atoms with van der Waals surface area (Å²) in [6.07, 6.45) is 3.74. The second-order valence-corrected chi connectivity index (χ2v) is 6.27. The van der Waals surface area contributed by atoms with E-state index in [2.05, 4.69) is 15.6 Å². The van der Waals surface area contributed by atoms with Crippen LogP contribution in [0.25, 0.3) is 0 Å². The molecule has 1 N–H and O–H groups in total. The molecule has 1 aliphatic rings. The number of benzene rings is 1. The maximum absolute atomic E-state index is 12.6. The number of anilines is 1. The summed E-state index contributed by atoms with van der Waals surface area (Å²) in [6.45, 7) is 3.86. The van der Waals surface area contributed by atoms with Crippen molar-refractivity contribution in [1.29, 1.82) is 0 Å². The maximum Gasteiger partial charge on any atom is 0.280 e. The molecule has 6 nitrogen and oxygen atoms in total. The Hall–Kier alpha value is -1.63. The Bertz CT molecular complexity index is 712. The highest BCUT2D eigenvalue weighted by Crippen LogP contribution is 2.23. The van der Waals surface area contributed by atoms with Gasteiger partial charge in [0.25, 0.3) is 5.91 Å². The molecule has 2 aromatic rings. The third-order valence-corrected chi connectivity index (χ3v) is 4.67. The van der Waals surface area contributed by atoms with Crippen LogP contribution in [-0.4, -0.2) is 41.0 Å². The van der Waals surface area contributed by atoms with Crippen molar-refractivity contribution in [2.24, 2.45) is 0 Å². The van der Waals surface area contributed by atoms with Crippen LogP contribution in [0.5, 0.6) is 0 Å². The van der Waals surface area contributed by atoms with Gasteiger partial charge in [-0.15, -0.1) is 17.5 Å². The summed E-state index contributed by atoms with van der Waals surface area (Å²) < 4.78 is 1.81. The Labute approximate surface area is 152 Å². The third kappa shape index (κ3) is 3.88. The Balaban J connectivity index is 0.00000208. The Morgan fingerprint density at radius 1 is 1.38 bits per heavy atom. The summed E-state index contributed by atoms with van der Waals surface area (Å²) in [6, 6.07) is 5.86. The molecule has 1 amide bonds. The molecule has 1 aliphatic heterocycles. The monoisotopic (exact) mass is 369 g/mol. The highest BCUT2D eigenvalue weighted by Gasteiger charge is 2.21. The molecule has 2 heterocycles. The molecule has 0 unspecified atom stereocenters. The van der Waals surface area contributed by atoms with E-state index in [1.807, 2.05) is 23.7 Å². The fourth-order valence-electron chi connectivity index (χ4n) is 2.70. The lowest BCUT2D eigenvalue weighted by Crippen LogP contribution is -2.29. The first-order chi connectivity index (χ1) is 11.1. The number of aryl methyl sites for hydroxylation is 1. The fourth-order valence-corrected chi connectivity index (χ4v) is 2.88. The van der Waals surface area contributed by atoms with Crippen LogP contribution in [0.3, 0.4) is 0 Å². The van der Waals surface area contributed by atoms with Crippen LogP contribution in [0, 0.1) is 6.92 Å². The molecule has 1 fully saturated rings. The van der Waals surface area contributed by atoms with E-state index in [0.717, 1.165) is 37.2 Å². The molecule has 130 valence electrons. The van der Waals surface area contributed by atoms with Crippen molar-refractivity contribution in [3.63, 3.8) is 0 Å². The van der Waals surface area contributed by atoms with Crippen molar-refractivity contribution in [1.82, 2.24) is 20.3 Å². The van der Waals surface area contributed by atoms with Gasteiger partial charge in [0.2, 0.25) is 0 Å². The van der Waals surface area contributed by atoms with Gasteiger partial charge in [0.15, 0.2) is 5.69 Å². The van der Waals surface area contributed by atoms with E-state index in [0.29, 0.717) is 16.8 Å². The number of amides is 1. The quantitative estimate of drug-likeness (QED) is 0.903. The molecule has 0 radical (unpaired) electrons. The first-order valence-corrected chi connectivity index (χ1v) is 8.11. The van der Waals surface area contributed by atoms with Gasteiger partial charge in [-0.25, -0.2) is 4.68 Å². The van der Waals surface area contributed by atoms with Gasteiger partial charge >= 0.3 is 0 Å². The number of nitrogens with one attached hydrogen (secondary N) is 1. The van der Waals surface area contributed by atoms with Gasteiger partial charge in [0.05, 0.1) is 12.2 Å². The summed E-state index contributed by atoms with van der Waals surface area (Å²) >= 11 is 6.14. The minimum absolute atomic E-state index is 0. The number of hydrogen-bond acceptors (Lipinski definition) is 4. The molecule has 1 aromatic carbocycles. The highest BCUT2D eigenvalue weighted by atomic mass is 35.5. The lowest BCUT2D eigenvalue weighted by molar-refractivity contribution is 0.0988. The number of piperidine rings is 1. The van der Waals surface area contributed by atoms with Crippen molar-refractivity contribution in [3.05, 3.63) is 40.7 Å². The van der Waals surface area contributed by atoms with Gasteiger partial charge in [-0.1, -0.05) is 22.9 Å². The zero-order valence-electron chi connectivity index (χ0n) is 13.7. The van der Waals surface area contributed by atoms with Gasteiger partial charge < -0.3 is 10.2 Å². The first kappa shape index (κ1) is 18.7. The Morgan fingerprint density at radius 2 is 2.08 bits per heavy atom. The van der Waals surface area contributed by atoms with E-state index in [1.165, 1.54) is 0 Å². The van der Waals surface area contributed by atoms with Crippen LogP contribution in [0.15, 0.2) is 24.4 Å². The zero-order chi connectivity index (χ0) is 16.4. The third-order valence-electron chi connectivity index (χ3n) is 4.26. The summed E-state index contributed by atoms with van der Waals surface area (Å²) in [5.74, 6) is -0.190. The average molecular weight is 370 g/mol. The summed E-state index contributed by atoms with van der Waals surface area (Å²) in [7, 11) is 1.72. The lowest BCUT2D eigenvalue weighted by atomic mass is 10.1. The topological polar surface area (TPSA) is 63.1 Å². The number of rotatable bonds is 3. The van der Waals surface area contributed by atoms with Crippen molar-refractivity contribution in [3.8, 4) is 0 Å². The van der Waals surface area contributed by atoms with E-state index >= 15 is 0 Å². The highest BCUT2D eigenvalue weighted by molar-refractivity contribution is 6.31.